The third-order valence-corrected chi connectivity index (χ3v) is 5.18. The summed E-state index contributed by atoms with van der Waals surface area (Å²) >= 11 is 0. The highest BCUT2D eigenvalue weighted by Gasteiger charge is 2.36. The first-order valence-corrected chi connectivity index (χ1v) is 9.33. The molecule has 2 heterocycles. The van der Waals surface area contributed by atoms with Gasteiger partial charge in [0.25, 0.3) is 5.91 Å². The molecule has 0 radical (unpaired) electrons. The Kier molecular flexibility index (Phi) is 5.62. The molecule has 8 heteroatoms. The summed E-state index contributed by atoms with van der Waals surface area (Å²) in [7, 11) is 1.52. The van der Waals surface area contributed by atoms with Crippen LogP contribution >= 0.6 is 0 Å². The predicted molar refractivity (Wildman–Crippen MR) is 98.0 cm³/mol. The Morgan fingerprint density at radius 2 is 2.07 bits per heavy atom. The van der Waals surface area contributed by atoms with Crippen LogP contribution in [0.25, 0.3) is 0 Å². The van der Waals surface area contributed by atoms with E-state index in [0.717, 1.165) is 31.4 Å². The van der Waals surface area contributed by atoms with E-state index in [2.05, 4.69) is 15.6 Å². The van der Waals surface area contributed by atoms with Crippen molar-refractivity contribution < 1.29 is 19.1 Å². The van der Waals surface area contributed by atoms with Crippen molar-refractivity contribution in [3.05, 3.63) is 22.9 Å². The molecule has 2 N–H and O–H groups in total. The van der Waals surface area contributed by atoms with E-state index in [1.165, 1.54) is 14.0 Å². The summed E-state index contributed by atoms with van der Waals surface area (Å²) in [4.78, 5) is 42.4. The molecular formula is C19H26N4O4. The third-order valence-electron chi connectivity index (χ3n) is 5.18. The van der Waals surface area contributed by atoms with Crippen LogP contribution in [0.5, 0.6) is 5.88 Å². The van der Waals surface area contributed by atoms with Crippen LogP contribution in [0.15, 0.2) is 6.07 Å². The summed E-state index contributed by atoms with van der Waals surface area (Å²) in [6, 6.07) is 1.41. The monoisotopic (exact) mass is 374 g/mol. The fourth-order valence-electron chi connectivity index (χ4n) is 3.79. The molecule has 1 saturated carbocycles. The molecule has 3 amide bonds. The first-order valence-electron chi connectivity index (χ1n) is 9.33. The maximum absolute atomic E-state index is 12.8. The summed E-state index contributed by atoms with van der Waals surface area (Å²) < 4.78 is 5.36. The first kappa shape index (κ1) is 19.1. The van der Waals surface area contributed by atoms with Gasteiger partial charge in [-0.2, -0.15) is 0 Å². The van der Waals surface area contributed by atoms with Gasteiger partial charge in [-0.1, -0.05) is 12.8 Å². The zero-order valence-corrected chi connectivity index (χ0v) is 16.0. The average molecular weight is 374 g/mol. The van der Waals surface area contributed by atoms with Gasteiger partial charge in [0.2, 0.25) is 17.7 Å². The largest absolute Gasteiger partial charge is 0.481 e. The number of rotatable bonds is 6. The number of methoxy groups -OCH3 is 1. The predicted octanol–water partition coefficient (Wildman–Crippen LogP) is 1.13. The molecule has 1 aliphatic carbocycles. The summed E-state index contributed by atoms with van der Waals surface area (Å²) in [6.45, 7) is 3.65. The molecule has 1 aliphatic heterocycles. The molecule has 1 aromatic rings. The lowest BCUT2D eigenvalue weighted by molar-refractivity contribution is -0.127. The molecule has 1 unspecified atom stereocenters. The van der Waals surface area contributed by atoms with Gasteiger partial charge >= 0.3 is 0 Å². The van der Waals surface area contributed by atoms with Gasteiger partial charge in [-0.25, -0.2) is 4.98 Å². The number of nitrogens with one attached hydrogen (secondary N) is 2. The third kappa shape index (κ3) is 4.04. The van der Waals surface area contributed by atoms with E-state index in [-0.39, 0.29) is 24.3 Å². The van der Waals surface area contributed by atoms with Crippen molar-refractivity contribution in [2.45, 2.75) is 64.7 Å². The molecule has 1 atom stereocenters. The highest BCUT2D eigenvalue weighted by Crippen LogP contribution is 2.33. The minimum atomic E-state index is -0.643. The number of carbonyl (C=O) groups is 3. The van der Waals surface area contributed by atoms with Gasteiger partial charge < -0.3 is 20.3 Å². The van der Waals surface area contributed by atoms with Crippen molar-refractivity contribution in [3.63, 3.8) is 0 Å². The summed E-state index contributed by atoms with van der Waals surface area (Å²) in [5.41, 5.74) is 1.95. The Labute approximate surface area is 158 Å². The van der Waals surface area contributed by atoms with Gasteiger partial charge in [-0.3, -0.25) is 14.4 Å². The molecule has 0 saturated heterocycles. The number of amides is 3. The zero-order chi connectivity index (χ0) is 19.6. The van der Waals surface area contributed by atoms with Crippen LogP contribution in [0.1, 0.15) is 61.1 Å². The Hall–Kier alpha value is -2.64. The molecule has 0 aromatic carbocycles. The number of aromatic nitrogens is 1. The van der Waals surface area contributed by atoms with Crippen molar-refractivity contribution in [2.75, 3.05) is 7.11 Å². The van der Waals surface area contributed by atoms with Gasteiger partial charge in [0, 0.05) is 25.1 Å². The summed E-state index contributed by atoms with van der Waals surface area (Å²) in [6.07, 6.45) is 4.40. The van der Waals surface area contributed by atoms with Crippen LogP contribution in [-0.4, -0.2) is 46.8 Å². The Morgan fingerprint density at radius 1 is 1.37 bits per heavy atom. The van der Waals surface area contributed by atoms with E-state index < -0.39 is 6.04 Å². The Bertz CT molecular complexity index is 758. The number of hydrogen-bond acceptors (Lipinski definition) is 5. The van der Waals surface area contributed by atoms with E-state index in [0.29, 0.717) is 29.6 Å². The van der Waals surface area contributed by atoms with Crippen LogP contribution < -0.4 is 15.4 Å². The first-order chi connectivity index (χ1) is 12.9. The van der Waals surface area contributed by atoms with Crippen molar-refractivity contribution in [1.82, 2.24) is 20.5 Å². The van der Waals surface area contributed by atoms with E-state index in [1.807, 2.05) is 4.90 Å². The van der Waals surface area contributed by atoms with Crippen LogP contribution in [0.2, 0.25) is 0 Å². The molecule has 27 heavy (non-hydrogen) atoms. The quantitative estimate of drug-likeness (QED) is 0.777. The van der Waals surface area contributed by atoms with Crippen molar-refractivity contribution in [3.8, 4) is 5.88 Å². The minimum absolute atomic E-state index is 0.00578. The van der Waals surface area contributed by atoms with Crippen molar-refractivity contribution in [1.29, 1.82) is 0 Å². The fraction of sp³-hybridized carbons (Fsp3) is 0.579. The zero-order valence-electron chi connectivity index (χ0n) is 16.0. The number of ether oxygens (including phenoxy) is 1. The molecule has 1 fully saturated rings. The molecule has 8 nitrogen and oxygen atoms in total. The lowest BCUT2D eigenvalue weighted by Gasteiger charge is -2.22. The minimum Gasteiger partial charge on any atom is -0.481 e. The maximum Gasteiger partial charge on any atom is 0.256 e. The molecule has 3 rings (SSSR count). The number of pyridine rings is 1. The summed E-state index contributed by atoms with van der Waals surface area (Å²) in [5, 5.41) is 5.29. The lowest BCUT2D eigenvalue weighted by atomic mass is 10.1. The van der Waals surface area contributed by atoms with Gasteiger partial charge in [0.15, 0.2) is 0 Å². The molecular weight excluding hydrogens is 348 g/mol. The highest BCUT2D eigenvalue weighted by atomic mass is 16.5. The van der Waals surface area contributed by atoms with Crippen LogP contribution in [-0.2, 0) is 22.7 Å². The normalized spacial score (nSPS) is 17.6. The number of carbonyl (C=O) groups excluding carboxylic acids is 3. The molecule has 146 valence electrons. The van der Waals surface area contributed by atoms with Crippen molar-refractivity contribution in [2.24, 2.45) is 0 Å². The second kappa shape index (κ2) is 7.94. The number of fused-ring (bicyclic) bond motifs is 1. The second-order valence-corrected chi connectivity index (χ2v) is 7.16. The van der Waals surface area contributed by atoms with Gasteiger partial charge in [-0.15, -0.1) is 0 Å². The highest BCUT2D eigenvalue weighted by molar-refractivity contribution is 5.98. The van der Waals surface area contributed by atoms with E-state index >= 15 is 0 Å². The smallest absolute Gasteiger partial charge is 0.256 e. The van der Waals surface area contributed by atoms with Crippen molar-refractivity contribution >= 4 is 17.7 Å². The topological polar surface area (TPSA) is 101 Å². The molecule has 0 spiro atoms. The average Bonchev–Trinajstić information content (AvgIpc) is 3.26. The molecule has 2 aliphatic rings. The van der Waals surface area contributed by atoms with Crippen LogP contribution in [0, 0.1) is 0 Å². The van der Waals surface area contributed by atoms with E-state index in [9.17, 15) is 14.4 Å². The van der Waals surface area contributed by atoms with Crippen LogP contribution in [0.4, 0.5) is 0 Å². The Balaban J connectivity index is 1.73. The molecule has 0 bridgehead atoms. The van der Waals surface area contributed by atoms with Gasteiger partial charge in [0.05, 0.1) is 24.9 Å². The van der Waals surface area contributed by atoms with E-state index in [1.54, 1.807) is 13.0 Å². The second-order valence-electron chi connectivity index (χ2n) is 7.16. The SMILES string of the molecule is COc1nc2c(cc1CNC(=O)C(C)NC(C)=O)C(=O)N(C1CCCC1)C2. The lowest BCUT2D eigenvalue weighted by Crippen LogP contribution is -2.43. The number of hydrogen-bond donors (Lipinski definition) is 2. The van der Waals surface area contributed by atoms with E-state index in [4.69, 9.17) is 4.74 Å². The van der Waals surface area contributed by atoms with Gasteiger partial charge in [-0.05, 0) is 25.8 Å². The fourth-order valence-corrected chi connectivity index (χ4v) is 3.79. The summed E-state index contributed by atoms with van der Waals surface area (Å²) in [5.74, 6) is -0.174. The van der Waals surface area contributed by atoms with Gasteiger partial charge in [0.1, 0.15) is 6.04 Å². The molecule has 1 aromatic heterocycles. The Morgan fingerprint density at radius 3 is 2.70 bits per heavy atom. The maximum atomic E-state index is 12.8. The van der Waals surface area contributed by atoms with Crippen LogP contribution in [0.3, 0.4) is 0 Å². The number of nitrogens with zero attached hydrogens (tertiary/aromatic N) is 2. The standard InChI is InChI=1S/C19H26N4O4/c1-11(21-12(2)24)17(25)20-9-13-8-15-16(22-18(13)27-3)10-23(19(15)26)14-6-4-5-7-14/h8,11,14H,4-7,9-10H2,1-3H3,(H,20,25)(H,21,24).